The Morgan fingerprint density at radius 3 is 2.69 bits per heavy atom. The lowest BCUT2D eigenvalue weighted by Gasteiger charge is -2.23. The normalized spacial score (nSPS) is 23.6. The Bertz CT molecular complexity index is 931. The summed E-state index contributed by atoms with van der Waals surface area (Å²) in [6.07, 6.45) is 6.37. The SMILES string of the molecule is O=C(O)CC1CC1c1ccc(OCc2cc(F)cc3c2OC2(CCCC2)C3)cc1. The number of hydrogen-bond acceptors (Lipinski definition) is 3. The van der Waals surface area contributed by atoms with Gasteiger partial charge in [0.2, 0.25) is 0 Å². The van der Waals surface area contributed by atoms with Crippen molar-refractivity contribution in [2.45, 2.75) is 63.1 Å². The Morgan fingerprint density at radius 1 is 1.21 bits per heavy atom. The van der Waals surface area contributed by atoms with Crippen molar-refractivity contribution in [1.82, 2.24) is 0 Å². The molecule has 1 heterocycles. The second-order valence-corrected chi connectivity index (χ2v) is 8.78. The molecule has 0 radical (unpaired) electrons. The molecule has 2 saturated carbocycles. The van der Waals surface area contributed by atoms with E-state index in [0.717, 1.165) is 53.9 Å². The van der Waals surface area contributed by atoms with Crippen molar-refractivity contribution in [3.63, 3.8) is 0 Å². The number of carbonyl (C=O) groups is 1. The zero-order valence-corrected chi connectivity index (χ0v) is 16.3. The third-order valence-electron chi connectivity index (χ3n) is 6.62. The first-order valence-electron chi connectivity index (χ1n) is 10.5. The zero-order chi connectivity index (χ0) is 20.0. The summed E-state index contributed by atoms with van der Waals surface area (Å²) >= 11 is 0. The number of rotatable bonds is 6. The molecule has 2 aromatic rings. The summed E-state index contributed by atoms with van der Waals surface area (Å²) in [5, 5.41) is 8.91. The van der Waals surface area contributed by atoms with Crippen LogP contribution < -0.4 is 9.47 Å². The number of benzene rings is 2. The van der Waals surface area contributed by atoms with Crippen LogP contribution in [0, 0.1) is 11.7 Å². The van der Waals surface area contributed by atoms with Crippen molar-refractivity contribution in [2.75, 3.05) is 0 Å². The molecule has 29 heavy (non-hydrogen) atoms. The predicted octanol–water partition coefficient (Wildman–Crippen LogP) is 5.23. The molecule has 2 fully saturated rings. The Labute approximate surface area is 169 Å². The molecule has 2 unspecified atom stereocenters. The molecule has 152 valence electrons. The topological polar surface area (TPSA) is 55.8 Å². The molecule has 4 nitrogen and oxygen atoms in total. The average Bonchev–Trinajstić information content (AvgIpc) is 3.13. The van der Waals surface area contributed by atoms with Crippen LogP contribution in [-0.2, 0) is 17.8 Å². The monoisotopic (exact) mass is 396 g/mol. The van der Waals surface area contributed by atoms with Gasteiger partial charge in [-0.05, 0) is 73.8 Å². The fourth-order valence-corrected chi connectivity index (χ4v) is 5.06. The van der Waals surface area contributed by atoms with E-state index in [1.807, 2.05) is 24.3 Å². The van der Waals surface area contributed by atoms with Crippen LogP contribution in [0.3, 0.4) is 0 Å². The maximum atomic E-state index is 14.1. The highest BCUT2D eigenvalue weighted by molar-refractivity contribution is 5.67. The van der Waals surface area contributed by atoms with E-state index < -0.39 is 5.97 Å². The van der Waals surface area contributed by atoms with Crippen molar-refractivity contribution < 1.29 is 23.8 Å². The third kappa shape index (κ3) is 3.70. The number of aliphatic carboxylic acids is 1. The molecule has 1 aliphatic heterocycles. The van der Waals surface area contributed by atoms with E-state index >= 15 is 0 Å². The number of carboxylic acid groups (broad SMARTS) is 1. The van der Waals surface area contributed by atoms with Gasteiger partial charge in [-0.15, -0.1) is 0 Å². The molecular formula is C24H25FO4. The first kappa shape index (κ1) is 18.5. The number of ether oxygens (including phenoxy) is 2. The molecule has 0 bridgehead atoms. The third-order valence-corrected chi connectivity index (χ3v) is 6.62. The van der Waals surface area contributed by atoms with Gasteiger partial charge in [0.15, 0.2) is 0 Å². The fourth-order valence-electron chi connectivity index (χ4n) is 5.06. The molecule has 2 aromatic carbocycles. The van der Waals surface area contributed by atoms with E-state index in [0.29, 0.717) is 5.92 Å². The lowest BCUT2D eigenvalue weighted by Crippen LogP contribution is -2.30. The maximum Gasteiger partial charge on any atom is 0.303 e. The largest absolute Gasteiger partial charge is 0.489 e. The fraction of sp³-hybridized carbons (Fsp3) is 0.458. The smallest absolute Gasteiger partial charge is 0.303 e. The Kier molecular flexibility index (Phi) is 4.49. The van der Waals surface area contributed by atoms with E-state index in [4.69, 9.17) is 14.6 Å². The first-order valence-corrected chi connectivity index (χ1v) is 10.5. The van der Waals surface area contributed by atoms with E-state index in [1.165, 1.54) is 18.9 Å². The highest BCUT2D eigenvalue weighted by Gasteiger charge is 2.43. The number of hydrogen-bond donors (Lipinski definition) is 1. The zero-order valence-electron chi connectivity index (χ0n) is 16.3. The minimum Gasteiger partial charge on any atom is -0.489 e. The van der Waals surface area contributed by atoms with Crippen LogP contribution in [0.4, 0.5) is 4.39 Å². The first-order chi connectivity index (χ1) is 14.0. The standard InChI is InChI=1S/C24H25FO4/c25-19-9-17-13-24(7-1-2-8-24)29-23(17)18(10-19)14-28-20-5-3-15(4-6-20)21-11-16(21)12-22(26)27/h3-6,9-10,16,21H,1-2,7-8,11-14H2,(H,26,27). The lowest BCUT2D eigenvalue weighted by molar-refractivity contribution is -0.137. The van der Waals surface area contributed by atoms with Gasteiger partial charge >= 0.3 is 5.97 Å². The van der Waals surface area contributed by atoms with E-state index in [2.05, 4.69) is 0 Å². The molecule has 2 atom stereocenters. The van der Waals surface area contributed by atoms with Gasteiger partial charge in [-0.25, -0.2) is 4.39 Å². The summed E-state index contributed by atoms with van der Waals surface area (Å²) < 4.78 is 26.4. The Morgan fingerprint density at radius 2 is 1.97 bits per heavy atom. The van der Waals surface area contributed by atoms with Gasteiger partial charge in [0.25, 0.3) is 0 Å². The van der Waals surface area contributed by atoms with Crippen molar-refractivity contribution in [3.05, 3.63) is 58.9 Å². The Hall–Kier alpha value is -2.56. The van der Waals surface area contributed by atoms with Crippen molar-refractivity contribution in [2.24, 2.45) is 5.92 Å². The van der Waals surface area contributed by atoms with Crippen LogP contribution in [0.5, 0.6) is 11.5 Å². The Balaban J connectivity index is 1.25. The molecule has 1 N–H and O–H groups in total. The van der Waals surface area contributed by atoms with E-state index in [1.54, 1.807) is 6.07 Å². The van der Waals surface area contributed by atoms with Crippen LogP contribution in [-0.4, -0.2) is 16.7 Å². The van der Waals surface area contributed by atoms with Gasteiger partial charge < -0.3 is 14.6 Å². The van der Waals surface area contributed by atoms with Crippen LogP contribution in [0.2, 0.25) is 0 Å². The number of fused-ring (bicyclic) bond motifs is 1. The van der Waals surface area contributed by atoms with Gasteiger partial charge in [0, 0.05) is 24.0 Å². The number of carboxylic acids is 1. The van der Waals surface area contributed by atoms with Gasteiger partial charge in [-0.3, -0.25) is 4.79 Å². The maximum absolute atomic E-state index is 14.1. The summed E-state index contributed by atoms with van der Waals surface area (Å²) in [7, 11) is 0. The molecule has 5 heteroatoms. The van der Waals surface area contributed by atoms with Gasteiger partial charge in [0.05, 0.1) is 0 Å². The van der Waals surface area contributed by atoms with Crippen molar-refractivity contribution in [3.8, 4) is 11.5 Å². The predicted molar refractivity (Wildman–Crippen MR) is 106 cm³/mol. The summed E-state index contributed by atoms with van der Waals surface area (Å²) in [4.78, 5) is 10.8. The van der Waals surface area contributed by atoms with Gasteiger partial charge in [-0.2, -0.15) is 0 Å². The average molecular weight is 396 g/mol. The lowest BCUT2D eigenvalue weighted by atomic mass is 9.95. The highest BCUT2D eigenvalue weighted by atomic mass is 19.1. The van der Waals surface area contributed by atoms with E-state index in [9.17, 15) is 9.18 Å². The van der Waals surface area contributed by atoms with Crippen LogP contribution in [0.1, 0.15) is 61.1 Å². The van der Waals surface area contributed by atoms with Crippen molar-refractivity contribution in [1.29, 1.82) is 0 Å². The number of halogens is 1. The molecule has 0 amide bonds. The molecule has 0 aromatic heterocycles. The molecule has 5 rings (SSSR count). The van der Waals surface area contributed by atoms with Crippen LogP contribution in [0.25, 0.3) is 0 Å². The molecular weight excluding hydrogens is 371 g/mol. The minimum absolute atomic E-state index is 0.136. The van der Waals surface area contributed by atoms with Gasteiger partial charge in [-0.1, -0.05) is 12.1 Å². The quantitative estimate of drug-likeness (QED) is 0.726. The van der Waals surface area contributed by atoms with Crippen molar-refractivity contribution >= 4 is 5.97 Å². The summed E-state index contributed by atoms with van der Waals surface area (Å²) in [5.74, 6) is 1.13. The summed E-state index contributed by atoms with van der Waals surface area (Å²) in [6, 6.07) is 10.9. The second kappa shape index (κ2) is 7.05. The molecule has 0 saturated heterocycles. The summed E-state index contributed by atoms with van der Waals surface area (Å²) in [5.41, 5.74) is 2.74. The second-order valence-electron chi connectivity index (χ2n) is 8.78. The minimum atomic E-state index is -0.735. The van der Waals surface area contributed by atoms with Crippen LogP contribution in [0.15, 0.2) is 36.4 Å². The summed E-state index contributed by atoms with van der Waals surface area (Å²) in [6.45, 7) is 0.264. The van der Waals surface area contributed by atoms with Gasteiger partial charge in [0.1, 0.15) is 29.5 Å². The molecule has 3 aliphatic rings. The van der Waals surface area contributed by atoms with E-state index in [-0.39, 0.29) is 30.4 Å². The molecule has 2 aliphatic carbocycles. The van der Waals surface area contributed by atoms with Crippen LogP contribution >= 0.6 is 0 Å². The highest BCUT2D eigenvalue weighted by Crippen LogP contribution is 2.50. The molecule has 1 spiro atoms.